The summed E-state index contributed by atoms with van der Waals surface area (Å²) in [6, 6.07) is 7.63. The normalized spacial score (nSPS) is 16.4. The van der Waals surface area contributed by atoms with E-state index in [1.165, 1.54) is 17.4 Å². The van der Waals surface area contributed by atoms with E-state index < -0.39 is 6.04 Å². The average molecular weight is 480 g/mol. The summed E-state index contributed by atoms with van der Waals surface area (Å²) in [5.41, 5.74) is 0.429. The Bertz CT molecular complexity index is 1090. The molecule has 1 aliphatic heterocycles. The van der Waals surface area contributed by atoms with Crippen LogP contribution in [0.1, 0.15) is 37.4 Å². The molecule has 164 valence electrons. The van der Waals surface area contributed by atoms with Crippen LogP contribution in [0.5, 0.6) is 0 Å². The Morgan fingerprint density at radius 2 is 2.13 bits per heavy atom. The number of amides is 1. The number of aromatic amines is 1. The highest BCUT2D eigenvalue weighted by molar-refractivity contribution is 7.71. The third-order valence-corrected chi connectivity index (χ3v) is 7.08. The Balaban J connectivity index is 1.55. The molecule has 4 rings (SSSR count). The molecular weight excluding hydrogens is 457 g/mol. The van der Waals surface area contributed by atoms with Crippen molar-refractivity contribution in [1.29, 1.82) is 0 Å². The van der Waals surface area contributed by atoms with Crippen molar-refractivity contribution in [3.8, 4) is 10.7 Å². The zero-order valence-electron chi connectivity index (χ0n) is 17.0. The first-order valence-electron chi connectivity index (χ1n) is 10.1. The molecule has 0 radical (unpaired) electrons. The molecule has 1 aliphatic rings. The lowest BCUT2D eigenvalue weighted by Gasteiger charge is -2.29. The van der Waals surface area contributed by atoms with E-state index in [1.54, 1.807) is 23.6 Å². The van der Waals surface area contributed by atoms with Gasteiger partial charge in [-0.1, -0.05) is 23.7 Å². The molecular formula is C21H23ClFN5OS2. The second-order valence-electron chi connectivity index (χ2n) is 7.52. The van der Waals surface area contributed by atoms with Crippen LogP contribution >= 0.6 is 35.2 Å². The van der Waals surface area contributed by atoms with E-state index in [2.05, 4.69) is 20.4 Å². The molecule has 1 amide bonds. The van der Waals surface area contributed by atoms with Crippen LogP contribution in [-0.2, 0) is 4.79 Å². The van der Waals surface area contributed by atoms with E-state index in [0.29, 0.717) is 21.2 Å². The number of benzene rings is 1. The Morgan fingerprint density at radius 3 is 2.81 bits per heavy atom. The fourth-order valence-corrected chi connectivity index (χ4v) is 5.29. The first-order valence-corrected chi connectivity index (χ1v) is 11.8. The standard InChI is InChI=1S/C21H23ClFN5OS2/c1-13(28-19(25-26-21(28)30)17-8-5-11-31-17)20(29)24-12-16(27-9-2-3-10-27)18-14(22)6-4-7-15(18)23/h4-8,11,13,16H,2-3,9-10,12H2,1H3,(H,24,29)(H,26,30). The molecule has 3 aromatic rings. The predicted molar refractivity (Wildman–Crippen MR) is 123 cm³/mol. The maximum absolute atomic E-state index is 14.7. The first kappa shape index (κ1) is 22.1. The summed E-state index contributed by atoms with van der Waals surface area (Å²) < 4.78 is 16.8. The minimum atomic E-state index is -0.585. The van der Waals surface area contributed by atoms with Gasteiger partial charge in [-0.05, 0) is 68.7 Å². The van der Waals surface area contributed by atoms with Crippen molar-refractivity contribution >= 4 is 41.1 Å². The van der Waals surface area contributed by atoms with Crippen LogP contribution in [0.15, 0.2) is 35.7 Å². The van der Waals surface area contributed by atoms with Crippen molar-refractivity contribution in [2.75, 3.05) is 19.6 Å². The number of halogens is 2. The van der Waals surface area contributed by atoms with Crippen LogP contribution in [0.3, 0.4) is 0 Å². The lowest BCUT2D eigenvalue weighted by Crippen LogP contribution is -2.39. The molecule has 31 heavy (non-hydrogen) atoms. The molecule has 0 spiro atoms. The van der Waals surface area contributed by atoms with Gasteiger partial charge in [-0.3, -0.25) is 19.4 Å². The fraction of sp³-hybridized carbons (Fsp3) is 0.381. The van der Waals surface area contributed by atoms with Gasteiger partial charge in [0.2, 0.25) is 5.91 Å². The van der Waals surface area contributed by atoms with Gasteiger partial charge in [0.15, 0.2) is 10.6 Å². The van der Waals surface area contributed by atoms with Crippen molar-refractivity contribution in [3.63, 3.8) is 0 Å². The molecule has 2 N–H and O–H groups in total. The lowest BCUT2D eigenvalue weighted by atomic mass is 10.0. The number of nitrogens with zero attached hydrogens (tertiary/aromatic N) is 3. The number of nitrogens with one attached hydrogen (secondary N) is 2. The summed E-state index contributed by atoms with van der Waals surface area (Å²) in [5, 5.41) is 12.4. The number of hydrogen-bond acceptors (Lipinski definition) is 5. The molecule has 3 heterocycles. The highest BCUT2D eigenvalue weighted by Crippen LogP contribution is 2.32. The number of thiophene rings is 1. The first-order chi connectivity index (χ1) is 15.0. The molecule has 1 saturated heterocycles. The topological polar surface area (TPSA) is 66.0 Å². The number of hydrogen-bond donors (Lipinski definition) is 2. The van der Waals surface area contributed by atoms with Crippen molar-refractivity contribution in [2.24, 2.45) is 0 Å². The van der Waals surface area contributed by atoms with Crippen LogP contribution in [0, 0.1) is 10.6 Å². The molecule has 10 heteroatoms. The van der Waals surface area contributed by atoms with Crippen molar-refractivity contribution in [1.82, 2.24) is 25.0 Å². The van der Waals surface area contributed by atoms with Crippen LogP contribution in [0.2, 0.25) is 5.02 Å². The molecule has 2 unspecified atom stereocenters. The molecule has 2 aromatic heterocycles. The van der Waals surface area contributed by atoms with Gasteiger partial charge in [0.05, 0.1) is 10.9 Å². The summed E-state index contributed by atoms with van der Waals surface area (Å²) >= 11 is 13.2. The monoisotopic (exact) mass is 479 g/mol. The highest BCUT2D eigenvalue weighted by atomic mass is 35.5. The van der Waals surface area contributed by atoms with E-state index in [-0.39, 0.29) is 24.3 Å². The highest BCUT2D eigenvalue weighted by Gasteiger charge is 2.29. The smallest absolute Gasteiger partial charge is 0.243 e. The number of H-pyrrole nitrogens is 1. The second-order valence-corrected chi connectivity index (χ2v) is 9.26. The summed E-state index contributed by atoms with van der Waals surface area (Å²) in [5.74, 6) is 0.0478. The van der Waals surface area contributed by atoms with Gasteiger partial charge in [0, 0.05) is 17.1 Å². The van der Waals surface area contributed by atoms with Crippen LogP contribution in [0.4, 0.5) is 4.39 Å². The molecule has 1 fully saturated rings. The van der Waals surface area contributed by atoms with E-state index >= 15 is 0 Å². The predicted octanol–water partition coefficient (Wildman–Crippen LogP) is 4.98. The third-order valence-electron chi connectivity index (χ3n) is 5.60. The third kappa shape index (κ3) is 4.59. The van der Waals surface area contributed by atoms with Crippen molar-refractivity contribution in [2.45, 2.75) is 31.8 Å². The van der Waals surface area contributed by atoms with Crippen LogP contribution in [-0.4, -0.2) is 45.2 Å². The van der Waals surface area contributed by atoms with Gasteiger partial charge >= 0.3 is 0 Å². The molecule has 1 aromatic carbocycles. The molecule has 0 bridgehead atoms. The van der Waals surface area contributed by atoms with Crippen LogP contribution in [0.25, 0.3) is 10.7 Å². The van der Waals surface area contributed by atoms with Gasteiger partial charge in [-0.15, -0.1) is 11.3 Å². The van der Waals surface area contributed by atoms with Crippen molar-refractivity contribution < 1.29 is 9.18 Å². The average Bonchev–Trinajstić information content (AvgIpc) is 3.51. The number of rotatable bonds is 7. The summed E-state index contributed by atoms with van der Waals surface area (Å²) in [7, 11) is 0. The minimum Gasteiger partial charge on any atom is -0.352 e. The van der Waals surface area contributed by atoms with Crippen molar-refractivity contribution in [3.05, 3.63) is 56.9 Å². The maximum Gasteiger partial charge on any atom is 0.243 e. The Kier molecular flexibility index (Phi) is 6.86. The Labute approximate surface area is 194 Å². The van der Waals surface area contributed by atoms with Gasteiger partial charge < -0.3 is 5.32 Å². The largest absolute Gasteiger partial charge is 0.352 e. The molecule has 0 aliphatic carbocycles. The summed E-state index contributed by atoms with van der Waals surface area (Å²) in [6.07, 6.45) is 2.09. The maximum atomic E-state index is 14.7. The zero-order valence-corrected chi connectivity index (χ0v) is 19.4. The quantitative estimate of drug-likeness (QED) is 0.469. The van der Waals surface area contributed by atoms with E-state index in [0.717, 1.165) is 30.8 Å². The Hall–Kier alpha value is -2.07. The minimum absolute atomic E-state index is 0.216. The van der Waals surface area contributed by atoms with E-state index in [1.807, 2.05) is 17.5 Å². The van der Waals surface area contributed by atoms with Gasteiger partial charge in [0.25, 0.3) is 0 Å². The van der Waals surface area contributed by atoms with Gasteiger partial charge in [-0.25, -0.2) is 4.39 Å². The SMILES string of the molecule is CC(C(=O)NCC(c1c(F)cccc1Cl)N1CCCC1)n1c(-c2cccs2)n[nH]c1=S. The Morgan fingerprint density at radius 1 is 1.35 bits per heavy atom. The van der Waals surface area contributed by atoms with Gasteiger partial charge in [0.1, 0.15) is 11.9 Å². The number of carbonyl (C=O) groups is 1. The molecule has 0 saturated carbocycles. The van der Waals surface area contributed by atoms with E-state index in [9.17, 15) is 9.18 Å². The van der Waals surface area contributed by atoms with Gasteiger partial charge in [-0.2, -0.15) is 5.10 Å². The lowest BCUT2D eigenvalue weighted by molar-refractivity contribution is -0.124. The number of carbonyl (C=O) groups excluding carboxylic acids is 1. The van der Waals surface area contributed by atoms with E-state index in [4.69, 9.17) is 23.8 Å². The number of aromatic nitrogens is 3. The molecule has 6 nitrogen and oxygen atoms in total. The second kappa shape index (κ2) is 9.60. The summed E-state index contributed by atoms with van der Waals surface area (Å²) in [4.78, 5) is 16.2. The zero-order chi connectivity index (χ0) is 22.0. The molecule has 2 atom stereocenters. The fourth-order valence-electron chi connectivity index (χ4n) is 4.00. The summed E-state index contributed by atoms with van der Waals surface area (Å²) in [6.45, 7) is 3.72. The van der Waals surface area contributed by atoms with Crippen LogP contribution < -0.4 is 5.32 Å². The number of likely N-dealkylation sites (tertiary alicyclic amines) is 1.